The number of rotatable bonds is 3. The van der Waals surface area contributed by atoms with Gasteiger partial charge in [0.25, 0.3) is 0 Å². The van der Waals surface area contributed by atoms with Crippen LogP contribution in [0, 0.1) is 30.5 Å². The van der Waals surface area contributed by atoms with Gasteiger partial charge in [-0.3, -0.25) is 0 Å². The molecular weight excluding hydrogens is 225 g/mol. The summed E-state index contributed by atoms with van der Waals surface area (Å²) in [5.41, 5.74) is 7.65. The Hall–Kier alpha value is -0.890. The summed E-state index contributed by atoms with van der Waals surface area (Å²) in [5, 5.41) is 0. The predicted octanol–water partition coefficient (Wildman–Crippen LogP) is 3.96. The van der Waals surface area contributed by atoms with Gasteiger partial charge in [-0.25, -0.2) is 4.39 Å². The molecule has 1 aromatic rings. The van der Waals surface area contributed by atoms with Crippen molar-refractivity contribution in [2.24, 2.45) is 23.5 Å². The van der Waals surface area contributed by atoms with Crippen LogP contribution in [0.25, 0.3) is 0 Å². The van der Waals surface area contributed by atoms with Crippen LogP contribution in [-0.4, -0.2) is 0 Å². The number of hydrogen-bond acceptors (Lipinski definition) is 1. The Bertz CT molecular complexity index is 443. The van der Waals surface area contributed by atoms with Crippen molar-refractivity contribution in [2.45, 2.75) is 45.1 Å². The highest BCUT2D eigenvalue weighted by Crippen LogP contribution is 2.50. The van der Waals surface area contributed by atoms with Crippen molar-refractivity contribution in [3.63, 3.8) is 0 Å². The van der Waals surface area contributed by atoms with E-state index in [4.69, 9.17) is 5.73 Å². The van der Waals surface area contributed by atoms with E-state index in [1.807, 2.05) is 25.1 Å². The van der Waals surface area contributed by atoms with Crippen LogP contribution in [0.1, 0.15) is 49.3 Å². The lowest BCUT2D eigenvalue weighted by atomic mass is 9.83. The predicted molar refractivity (Wildman–Crippen MR) is 71.6 cm³/mol. The van der Waals surface area contributed by atoms with Gasteiger partial charge in [-0.2, -0.15) is 0 Å². The van der Waals surface area contributed by atoms with Crippen molar-refractivity contribution in [3.05, 3.63) is 35.1 Å². The zero-order valence-corrected chi connectivity index (χ0v) is 11.0. The molecule has 4 atom stereocenters. The minimum absolute atomic E-state index is 0.104. The second-order valence-corrected chi connectivity index (χ2v) is 6.26. The second-order valence-electron chi connectivity index (χ2n) is 6.26. The average molecular weight is 247 g/mol. The summed E-state index contributed by atoms with van der Waals surface area (Å²) < 4.78 is 14.0. The van der Waals surface area contributed by atoms with Crippen molar-refractivity contribution < 1.29 is 4.39 Å². The number of fused-ring (bicyclic) bond motifs is 2. The molecule has 2 saturated carbocycles. The maximum atomic E-state index is 14.0. The first-order valence-corrected chi connectivity index (χ1v) is 7.15. The van der Waals surface area contributed by atoms with Crippen LogP contribution in [0.15, 0.2) is 18.2 Å². The highest BCUT2D eigenvalue weighted by atomic mass is 19.1. The number of nitrogens with two attached hydrogens (primary N) is 1. The zero-order valence-electron chi connectivity index (χ0n) is 11.0. The number of benzene rings is 1. The topological polar surface area (TPSA) is 26.0 Å². The van der Waals surface area contributed by atoms with Crippen molar-refractivity contribution in [3.8, 4) is 0 Å². The highest BCUT2D eigenvalue weighted by Gasteiger charge is 2.40. The molecule has 0 amide bonds. The molecule has 2 N–H and O–H groups in total. The summed E-state index contributed by atoms with van der Waals surface area (Å²) in [6, 6.07) is 5.44. The van der Waals surface area contributed by atoms with Crippen LogP contribution in [0.5, 0.6) is 0 Å². The molecule has 1 aromatic carbocycles. The molecule has 3 rings (SSSR count). The van der Waals surface area contributed by atoms with Gasteiger partial charge in [0, 0.05) is 11.6 Å². The fraction of sp³-hybridized carbons (Fsp3) is 0.625. The monoisotopic (exact) mass is 247 g/mol. The normalized spacial score (nSPS) is 31.8. The lowest BCUT2D eigenvalue weighted by Gasteiger charge is -2.25. The van der Waals surface area contributed by atoms with Gasteiger partial charge >= 0.3 is 0 Å². The third kappa shape index (κ3) is 2.07. The van der Waals surface area contributed by atoms with E-state index >= 15 is 0 Å². The van der Waals surface area contributed by atoms with Crippen molar-refractivity contribution in [2.75, 3.05) is 0 Å². The van der Waals surface area contributed by atoms with Gasteiger partial charge in [0.05, 0.1) is 0 Å². The van der Waals surface area contributed by atoms with Gasteiger partial charge in [0.15, 0.2) is 0 Å². The molecule has 2 bridgehead atoms. The molecule has 0 heterocycles. The summed E-state index contributed by atoms with van der Waals surface area (Å²) in [7, 11) is 0. The number of aryl methyl sites for hydroxylation is 1. The Morgan fingerprint density at radius 2 is 2.17 bits per heavy atom. The SMILES string of the molecule is Cc1cccc(C(N)CC2CC3CCC2C3)c1F. The molecule has 2 aliphatic carbocycles. The molecule has 2 heteroatoms. The van der Waals surface area contributed by atoms with E-state index in [2.05, 4.69) is 0 Å². The quantitative estimate of drug-likeness (QED) is 0.859. The van der Waals surface area contributed by atoms with Crippen molar-refractivity contribution in [1.82, 2.24) is 0 Å². The molecule has 4 unspecified atom stereocenters. The third-order valence-electron chi connectivity index (χ3n) is 5.06. The molecule has 0 saturated heterocycles. The van der Waals surface area contributed by atoms with E-state index in [1.54, 1.807) is 0 Å². The first kappa shape index (κ1) is 12.2. The summed E-state index contributed by atoms with van der Waals surface area (Å²) in [5.74, 6) is 2.44. The van der Waals surface area contributed by atoms with Crippen LogP contribution in [0.2, 0.25) is 0 Å². The molecule has 2 fully saturated rings. The van der Waals surface area contributed by atoms with Crippen LogP contribution < -0.4 is 5.73 Å². The van der Waals surface area contributed by atoms with Gasteiger partial charge < -0.3 is 5.73 Å². The van der Waals surface area contributed by atoms with E-state index < -0.39 is 0 Å². The molecule has 98 valence electrons. The molecule has 0 spiro atoms. The van der Waals surface area contributed by atoms with Gasteiger partial charge in [-0.15, -0.1) is 0 Å². The van der Waals surface area contributed by atoms with E-state index in [-0.39, 0.29) is 11.9 Å². The largest absolute Gasteiger partial charge is 0.324 e. The zero-order chi connectivity index (χ0) is 12.7. The van der Waals surface area contributed by atoms with E-state index in [0.29, 0.717) is 11.1 Å². The maximum absolute atomic E-state index is 14.0. The molecule has 0 aliphatic heterocycles. The minimum Gasteiger partial charge on any atom is -0.324 e. The Labute approximate surface area is 109 Å². The first-order valence-electron chi connectivity index (χ1n) is 7.15. The smallest absolute Gasteiger partial charge is 0.130 e. The second kappa shape index (κ2) is 4.65. The average Bonchev–Trinajstić information content (AvgIpc) is 2.94. The lowest BCUT2D eigenvalue weighted by Crippen LogP contribution is -2.20. The van der Waals surface area contributed by atoms with E-state index in [0.717, 1.165) is 24.2 Å². The van der Waals surface area contributed by atoms with E-state index in [9.17, 15) is 4.39 Å². The molecule has 2 aliphatic rings. The molecule has 0 aromatic heterocycles. The summed E-state index contributed by atoms with van der Waals surface area (Å²) in [6.07, 6.45) is 6.47. The molecule has 0 radical (unpaired) electrons. The fourth-order valence-electron chi connectivity index (χ4n) is 4.07. The van der Waals surface area contributed by atoms with Crippen LogP contribution >= 0.6 is 0 Å². The van der Waals surface area contributed by atoms with Crippen LogP contribution in [-0.2, 0) is 0 Å². The third-order valence-corrected chi connectivity index (χ3v) is 5.06. The minimum atomic E-state index is -0.130. The number of halogens is 1. The molecule has 1 nitrogen and oxygen atoms in total. The van der Waals surface area contributed by atoms with Gasteiger partial charge in [0.1, 0.15) is 5.82 Å². The van der Waals surface area contributed by atoms with Crippen LogP contribution in [0.3, 0.4) is 0 Å². The first-order chi connectivity index (χ1) is 8.65. The van der Waals surface area contributed by atoms with Gasteiger partial charge in [0.2, 0.25) is 0 Å². The van der Waals surface area contributed by atoms with Gasteiger partial charge in [-0.05, 0) is 55.9 Å². The lowest BCUT2D eigenvalue weighted by molar-refractivity contribution is 0.294. The molecule has 18 heavy (non-hydrogen) atoms. The standard InChI is InChI=1S/C16H22FN/c1-10-3-2-4-14(16(10)17)15(18)9-13-8-11-5-6-12(13)7-11/h2-4,11-13,15H,5-9,18H2,1H3. The van der Waals surface area contributed by atoms with E-state index in [1.165, 1.54) is 25.7 Å². The van der Waals surface area contributed by atoms with Gasteiger partial charge in [-0.1, -0.05) is 24.6 Å². The highest BCUT2D eigenvalue weighted by molar-refractivity contribution is 5.27. The maximum Gasteiger partial charge on any atom is 0.130 e. The number of hydrogen-bond donors (Lipinski definition) is 1. The van der Waals surface area contributed by atoms with Crippen LogP contribution in [0.4, 0.5) is 4.39 Å². The Morgan fingerprint density at radius 1 is 1.33 bits per heavy atom. The Morgan fingerprint density at radius 3 is 2.83 bits per heavy atom. The Balaban J connectivity index is 1.71. The fourth-order valence-corrected chi connectivity index (χ4v) is 4.07. The summed E-state index contributed by atoms with van der Waals surface area (Å²) in [6.45, 7) is 1.81. The van der Waals surface area contributed by atoms with Crippen molar-refractivity contribution >= 4 is 0 Å². The Kier molecular flexibility index (Phi) is 3.14. The van der Waals surface area contributed by atoms with Crippen molar-refractivity contribution in [1.29, 1.82) is 0 Å². The summed E-state index contributed by atoms with van der Waals surface area (Å²) >= 11 is 0. The summed E-state index contributed by atoms with van der Waals surface area (Å²) in [4.78, 5) is 0. The molecular formula is C16H22FN.